The fourth-order valence-corrected chi connectivity index (χ4v) is 2.18. The molecule has 1 aliphatic heterocycles. The number of carbonyl (C=O) groups excluding carboxylic acids is 3. The third-order valence-corrected chi connectivity index (χ3v) is 3.43. The van der Waals surface area contributed by atoms with E-state index >= 15 is 0 Å². The molecule has 1 aromatic rings. The van der Waals surface area contributed by atoms with Gasteiger partial charge in [-0.15, -0.1) is 0 Å². The van der Waals surface area contributed by atoms with Crippen molar-refractivity contribution in [3.05, 3.63) is 34.4 Å². The summed E-state index contributed by atoms with van der Waals surface area (Å²) in [5.41, 5.74) is 0.467. The Balaban J connectivity index is 2.44. The van der Waals surface area contributed by atoms with Crippen molar-refractivity contribution in [1.29, 1.82) is 0 Å². The number of hydrogen-bond donors (Lipinski definition) is 0. The van der Waals surface area contributed by atoms with E-state index in [0.717, 1.165) is 9.80 Å². The topological polar surface area (TPSA) is 66.9 Å². The Morgan fingerprint density at radius 1 is 1.10 bits per heavy atom. The Bertz CT molecular complexity index is 643. The minimum atomic E-state index is -0.657. The van der Waals surface area contributed by atoms with Crippen LogP contribution in [0.3, 0.4) is 0 Å². The van der Waals surface area contributed by atoms with E-state index in [2.05, 4.69) is 0 Å². The van der Waals surface area contributed by atoms with Crippen molar-refractivity contribution in [3.63, 3.8) is 0 Å². The van der Waals surface area contributed by atoms with Gasteiger partial charge in [-0.1, -0.05) is 17.7 Å². The van der Waals surface area contributed by atoms with E-state index < -0.39 is 17.8 Å². The van der Waals surface area contributed by atoms with Gasteiger partial charge in [0, 0.05) is 14.1 Å². The molecule has 6 nitrogen and oxygen atoms in total. The predicted molar refractivity (Wildman–Crippen MR) is 76.9 cm³/mol. The van der Waals surface area contributed by atoms with Gasteiger partial charge in [0.1, 0.15) is 11.3 Å². The van der Waals surface area contributed by atoms with Crippen LogP contribution in [-0.4, -0.2) is 48.9 Å². The van der Waals surface area contributed by atoms with Crippen LogP contribution >= 0.6 is 11.6 Å². The van der Waals surface area contributed by atoms with Gasteiger partial charge < -0.3 is 4.74 Å². The Morgan fingerprint density at radius 2 is 1.67 bits per heavy atom. The number of rotatable bonds is 2. The van der Waals surface area contributed by atoms with Crippen LogP contribution < -0.4 is 4.74 Å². The van der Waals surface area contributed by atoms with Gasteiger partial charge in [0.2, 0.25) is 0 Å². The highest BCUT2D eigenvalue weighted by Crippen LogP contribution is 2.26. The standard InChI is InChI=1S/C14H13ClN2O4/c1-16-12(18)9(13(19)17(2)14(16)20)6-8-4-5-11(21-3)10(15)7-8/h4-7H,1-3H3. The van der Waals surface area contributed by atoms with Crippen molar-refractivity contribution in [2.45, 2.75) is 0 Å². The summed E-state index contributed by atoms with van der Waals surface area (Å²) in [7, 11) is 4.13. The van der Waals surface area contributed by atoms with E-state index in [9.17, 15) is 14.4 Å². The molecule has 0 spiro atoms. The molecule has 1 heterocycles. The Hall–Kier alpha value is -2.34. The molecule has 0 N–H and O–H groups in total. The number of imide groups is 2. The predicted octanol–water partition coefficient (Wildman–Crippen LogP) is 1.78. The van der Waals surface area contributed by atoms with E-state index in [-0.39, 0.29) is 5.57 Å². The average molecular weight is 309 g/mol. The van der Waals surface area contributed by atoms with Gasteiger partial charge in [-0.05, 0) is 23.8 Å². The zero-order chi connectivity index (χ0) is 15.7. The van der Waals surface area contributed by atoms with Crippen LogP contribution in [0.5, 0.6) is 5.75 Å². The van der Waals surface area contributed by atoms with Crippen molar-refractivity contribution in [3.8, 4) is 5.75 Å². The molecule has 0 radical (unpaired) electrons. The number of amides is 4. The van der Waals surface area contributed by atoms with Crippen molar-refractivity contribution < 1.29 is 19.1 Å². The van der Waals surface area contributed by atoms with Crippen LogP contribution in [0.15, 0.2) is 23.8 Å². The first-order valence-corrected chi connectivity index (χ1v) is 6.40. The Kier molecular flexibility index (Phi) is 3.99. The molecule has 0 bridgehead atoms. The molecular weight excluding hydrogens is 296 g/mol. The zero-order valence-corrected chi connectivity index (χ0v) is 12.5. The summed E-state index contributed by atoms with van der Waals surface area (Å²) in [6.45, 7) is 0. The Morgan fingerprint density at radius 3 is 2.14 bits per heavy atom. The van der Waals surface area contributed by atoms with Crippen molar-refractivity contribution >= 4 is 35.5 Å². The number of urea groups is 1. The van der Waals surface area contributed by atoms with Crippen LogP contribution in [0.25, 0.3) is 6.08 Å². The minimum absolute atomic E-state index is 0.0965. The highest BCUT2D eigenvalue weighted by atomic mass is 35.5. The van der Waals surface area contributed by atoms with Gasteiger partial charge in [0.15, 0.2) is 0 Å². The molecule has 21 heavy (non-hydrogen) atoms. The molecule has 0 aliphatic carbocycles. The van der Waals surface area contributed by atoms with Crippen molar-refractivity contribution in [2.24, 2.45) is 0 Å². The van der Waals surface area contributed by atoms with Crippen molar-refractivity contribution in [1.82, 2.24) is 9.80 Å². The molecule has 1 aliphatic rings. The fourth-order valence-electron chi connectivity index (χ4n) is 1.91. The summed E-state index contributed by atoms with van der Waals surface area (Å²) >= 11 is 6.00. The number of methoxy groups -OCH3 is 1. The number of nitrogens with zero attached hydrogens (tertiary/aromatic N) is 2. The second-order valence-electron chi connectivity index (χ2n) is 4.46. The lowest BCUT2D eigenvalue weighted by Crippen LogP contribution is -2.52. The van der Waals surface area contributed by atoms with E-state index in [4.69, 9.17) is 16.3 Å². The van der Waals surface area contributed by atoms with E-state index in [0.29, 0.717) is 16.3 Å². The van der Waals surface area contributed by atoms with E-state index in [1.165, 1.54) is 27.3 Å². The molecule has 0 atom stereocenters. The van der Waals surface area contributed by atoms with Crippen LogP contribution in [0.2, 0.25) is 5.02 Å². The smallest absolute Gasteiger partial charge is 0.333 e. The third-order valence-electron chi connectivity index (χ3n) is 3.13. The largest absolute Gasteiger partial charge is 0.495 e. The first-order chi connectivity index (χ1) is 9.86. The molecule has 7 heteroatoms. The molecule has 0 saturated carbocycles. The number of halogens is 1. The maximum atomic E-state index is 12.0. The lowest BCUT2D eigenvalue weighted by molar-refractivity contribution is -0.134. The van der Waals surface area contributed by atoms with Crippen LogP contribution in [0, 0.1) is 0 Å². The molecule has 1 aromatic carbocycles. The van der Waals surface area contributed by atoms with Gasteiger partial charge in [0.25, 0.3) is 11.8 Å². The monoisotopic (exact) mass is 308 g/mol. The first-order valence-electron chi connectivity index (χ1n) is 6.02. The summed E-state index contributed by atoms with van der Waals surface area (Å²) in [4.78, 5) is 37.5. The second kappa shape index (κ2) is 5.57. The highest BCUT2D eigenvalue weighted by Gasteiger charge is 2.37. The number of barbiturate groups is 1. The number of likely N-dealkylation sites (N-methyl/N-ethyl adjacent to an activating group) is 2. The summed E-state index contributed by atoms with van der Waals surface area (Å²) in [5, 5.41) is 0.361. The summed E-state index contributed by atoms with van der Waals surface area (Å²) in [6.07, 6.45) is 1.40. The second-order valence-corrected chi connectivity index (χ2v) is 4.87. The normalized spacial score (nSPS) is 15.6. The lowest BCUT2D eigenvalue weighted by Gasteiger charge is -2.28. The molecule has 1 saturated heterocycles. The average Bonchev–Trinajstić information content (AvgIpc) is 2.48. The molecule has 110 valence electrons. The third kappa shape index (κ3) is 2.62. The van der Waals surface area contributed by atoms with Crippen molar-refractivity contribution in [2.75, 3.05) is 21.2 Å². The molecule has 4 amide bonds. The van der Waals surface area contributed by atoms with Crippen LogP contribution in [-0.2, 0) is 9.59 Å². The summed E-state index contributed by atoms with van der Waals surface area (Å²) < 4.78 is 5.03. The van der Waals surface area contributed by atoms with E-state index in [1.54, 1.807) is 18.2 Å². The minimum Gasteiger partial charge on any atom is -0.495 e. The number of benzene rings is 1. The maximum absolute atomic E-state index is 12.0. The Labute approximate surface area is 126 Å². The first kappa shape index (κ1) is 15.1. The number of hydrogen-bond acceptors (Lipinski definition) is 4. The molecular formula is C14H13ClN2O4. The van der Waals surface area contributed by atoms with Crippen LogP contribution in [0.1, 0.15) is 5.56 Å². The lowest BCUT2D eigenvalue weighted by atomic mass is 10.1. The maximum Gasteiger partial charge on any atom is 0.333 e. The number of carbonyl (C=O) groups is 3. The quantitative estimate of drug-likeness (QED) is 0.617. The SMILES string of the molecule is COc1ccc(C=C2C(=O)N(C)C(=O)N(C)C2=O)cc1Cl. The summed E-state index contributed by atoms with van der Waals surface area (Å²) in [6, 6.07) is 4.21. The highest BCUT2D eigenvalue weighted by molar-refractivity contribution is 6.32. The van der Waals surface area contributed by atoms with Gasteiger partial charge >= 0.3 is 6.03 Å². The van der Waals surface area contributed by atoms with Gasteiger partial charge in [0.05, 0.1) is 12.1 Å². The zero-order valence-electron chi connectivity index (χ0n) is 11.7. The van der Waals surface area contributed by atoms with Crippen LogP contribution in [0.4, 0.5) is 4.79 Å². The molecule has 1 fully saturated rings. The van der Waals surface area contributed by atoms with Gasteiger partial charge in [-0.2, -0.15) is 0 Å². The molecule has 0 aromatic heterocycles. The van der Waals surface area contributed by atoms with Gasteiger partial charge in [-0.25, -0.2) is 4.79 Å². The molecule has 0 unspecified atom stereocenters. The number of ether oxygens (including phenoxy) is 1. The van der Waals surface area contributed by atoms with E-state index in [1.807, 2.05) is 0 Å². The van der Waals surface area contributed by atoms with Gasteiger partial charge in [-0.3, -0.25) is 19.4 Å². The molecule has 2 rings (SSSR count). The summed E-state index contributed by atoms with van der Waals surface area (Å²) in [5.74, 6) is -0.797. The fraction of sp³-hybridized carbons (Fsp3) is 0.214.